The van der Waals surface area contributed by atoms with Crippen LogP contribution in [0.5, 0.6) is 5.75 Å². The summed E-state index contributed by atoms with van der Waals surface area (Å²) >= 11 is 3.65. The zero-order chi connectivity index (χ0) is 23.7. The molecule has 5 rings (SSSR count). The summed E-state index contributed by atoms with van der Waals surface area (Å²) in [5.74, 6) is 0.0561. The average molecular weight is 511 g/mol. The van der Waals surface area contributed by atoms with Crippen LogP contribution in [0, 0.1) is 0 Å². The molecule has 0 saturated heterocycles. The van der Waals surface area contributed by atoms with E-state index in [0.29, 0.717) is 21.4 Å². The number of hydrogen-bond donors (Lipinski definition) is 0. The van der Waals surface area contributed by atoms with Gasteiger partial charge in [0.1, 0.15) is 11.3 Å². The normalized spacial score (nSPS) is 10.9. The first-order valence-electron chi connectivity index (χ1n) is 10.7. The topological polar surface area (TPSA) is 56.5 Å². The van der Waals surface area contributed by atoms with E-state index in [2.05, 4.69) is 15.9 Å². The van der Waals surface area contributed by atoms with Crippen LogP contribution in [0.3, 0.4) is 0 Å². The van der Waals surface area contributed by atoms with Crippen LogP contribution in [0.25, 0.3) is 33.4 Å². The van der Waals surface area contributed by atoms with Gasteiger partial charge >= 0.3 is 5.97 Å². The number of furan rings is 1. The molecule has 34 heavy (non-hydrogen) atoms. The van der Waals surface area contributed by atoms with E-state index in [4.69, 9.17) is 9.15 Å². The maximum absolute atomic E-state index is 13.4. The molecule has 5 aromatic rings. The van der Waals surface area contributed by atoms with E-state index >= 15 is 0 Å². The standard InChI is InChI=1S/C29H19BrO4/c1-18(31)33-29-22(27(32)20-13-7-3-8-14-20)17-23-25(26(29)30)24(19-11-5-2-6-12-19)28(34-23)21-15-9-4-10-16-21/h2-17H,1H3. The summed E-state index contributed by atoms with van der Waals surface area (Å²) in [7, 11) is 0. The molecule has 0 saturated carbocycles. The first-order chi connectivity index (χ1) is 16.5. The molecule has 0 amide bonds. The maximum Gasteiger partial charge on any atom is 0.308 e. The third kappa shape index (κ3) is 3.95. The van der Waals surface area contributed by atoms with Crippen LogP contribution in [0.2, 0.25) is 0 Å². The lowest BCUT2D eigenvalue weighted by Crippen LogP contribution is -2.09. The number of rotatable bonds is 5. The smallest absolute Gasteiger partial charge is 0.308 e. The van der Waals surface area contributed by atoms with Crippen molar-refractivity contribution in [3.63, 3.8) is 0 Å². The van der Waals surface area contributed by atoms with Gasteiger partial charge in [-0.1, -0.05) is 91.0 Å². The van der Waals surface area contributed by atoms with Gasteiger partial charge < -0.3 is 9.15 Å². The van der Waals surface area contributed by atoms with Crippen LogP contribution >= 0.6 is 15.9 Å². The number of esters is 1. The van der Waals surface area contributed by atoms with Gasteiger partial charge in [0.2, 0.25) is 0 Å². The Balaban J connectivity index is 1.85. The van der Waals surface area contributed by atoms with Gasteiger partial charge in [0.05, 0.1) is 10.0 Å². The number of benzene rings is 4. The largest absolute Gasteiger partial charge is 0.455 e. The van der Waals surface area contributed by atoms with Gasteiger partial charge in [-0.2, -0.15) is 0 Å². The Morgan fingerprint density at radius 1 is 0.794 bits per heavy atom. The number of ketones is 1. The van der Waals surface area contributed by atoms with Crippen LogP contribution in [-0.4, -0.2) is 11.8 Å². The lowest BCUT2D eigenvalue weighted by Gasteiger charge is -2.12. The van der Waals surface area contributed by atoms with Crippen molar-refractivity contribution in [2.75, 3.05) is 0 Å². The van der Waals surface area contributed by atoms with Crippen LogP contribution in [0.4, 0.5) is 0 Å². The summed E-state index contributed by atoms with van der Waals surface area (Å²) in [5, 5.41) is 0.728. The highest BCUT2D eigenvalue weighted by molar-refractivity contribution is 9.10. The molecule has 4 nitrogen and oxygen atoms in total. The first kappa shape index (κ1) is 21.9. The third-order valence-corrected chi connectivity index (χ3v) is 6.26. The molecule has 4 aromatic carbocycles. The summed E-state index contributed by atoms with van der Waals surface area (Å²) in [6.45, 7) is 1.32. The van der Waals surface area contributed by atoms with Crippen molar-refractivity contribution < 1.29 is 18.7 Å². The van der Waals surface area contributed by atoms with Crippen molar-refractivity contribution in [1.29, 1.82) is 0 Å². The Kier molecular flexibility index (Phi) is 5.86. The number of fused-ring (bicyclic) bond motifs is 1. The van der Waals surface area contributed by atoms with E-state index in [1.54, 1.807) is 30.3 Å². The maximum atomic E-state index is 13.4. The molecule has 5 heteroatoms. The Bertz CT molecular complexity index is 1500. The third-order valence-electron chi connectivity index (χ3n) is 5.50. The van der Waals surface area contributed by atoms with Crippen LogP contribution in [-0.2, 0) is 4.79 Å². The quantitative estimate of drug-likeness (QED) is 0.138. The van der Waals surface area contributed by atoms with E-state index in [1.807, 2.05) is 66.7 Å². The van der Waals surface area contributed by atoms with Crippen LogP contribution in [0.1, 0.15) is 22.8 Å². The fourth-order valence-corrected chi connectivity index (χ4v) is 4.72. The second kappa shape index (κ2) is 9.12. The molecule has 1 heterocycles. The van der Waals surface area contributed by atoms with Crippen molar-refractivity contribution in [3.05, 3.63) is 113 Å². The predicted molar refractivity (Wildman–Crippen MR) is 136 cm³/mol. The first-order valence-corrected chi connectivity index (χ1v) is 11.5. The molecule has 0 spiro atoms. The minimum absolute atomic E-state index is 0.173. The SMILES string of the molecule is CC(=O)Oc1c(C(=O)c2ccccc2)cc2oc(-c3ccccc3)c(-c3ccccc3)c2c1Br. The fourth-order valence-electron chi connectivity index (χ4n) is 4.03. The number of halogens is 1. The Morgan fingerprint density at radius 3 is 1.94 bits per heavy atom. The van der Waals surface area contributed by atoms with Crippen molar-refractivity contribution in [3.8, 4) is 28.2 Å². The second-order valence-electron chi connectivity index (χ2n) is 7.77. The van der Waals surface area contributed by atoms with Crippen LogP contribution in [0.15, 0.2) is 106 Å². The van der Waals surface area contributed by atoms with Gasteiger partial charge in [0, 0.05) is 29.0 Å². The zero-order valence-electron chi connectivity index (χ0n) is 18.2. The molecule has 0 aliphatic rings. The number of carbonyl (C=O) groups is 2. The molecule has 1 aromatic heterocycles. The molecular weight excluding hydrogens is 492 g/mol. The zero-order valence-corrected chi connectivity index (χ0v) is 19.8. The van der Waals surface area contributed by atoms with Crippen molar-refractivity contribution in [2.45, 2.75) is 6.92 Å². The summed E-state index contributed by atoms with van der Waals surface area (Å²) < 4.78 is 12.5. The van der Waals surface area contributed by atoms with Gasteiger partial charge in [-0.3, -0.25) is 9.59 Å². The number of ether oxygens (including phenoxy) is 1. The minimum Gasteiger partial charge on any atom is -0.455 e. The van der Waals surface area contributed by atoms with Crippen molar-refractivity contribution >= 4 is 38.7 Å². The lowest BCUT2D eigenvalue weighted by atomic mass is 9.96. The number of carbonyl (C=O) groups excluding carboxylic acids is 2. The molecule has 0 aliphatic heterocycles. The Morgan fingerprint density at radius 2 is 1.35 bits per heavy atom. The molecule has 166 valence electrons. The summed E-state index contributed by atoms with van der Waals surface area (Å²) in [6, 6.07) is 30.2. The summed E-state index contributed by atoms with van der Waals surface area (Å²) in [5.41, 5.74) is 3.93. The molecule has 0 aliphatic carbocycles. The van der Waals surface area contributed by atoms with Gasteiger partial charge in [0.25, 0.3) is 0 Å². The Labute approximate surface area is 204 Å². The Hall–Kier alpha value is -3.96. The van der Waals surface area contributed by atoms with Gasteiger partial charge in [-0.25, -0.2) is 0 Å². The molecule has 0 unspecified atom stereocenters. The van der Waals surface area contributed by atoms with E-state index in [9.17, 15) is 9.59 Å². The van der Waals surface area contributed by atoms with Crippen LogP contribution < -0.4 is 4.74 Å². The van der Waals surface area contributed by atoms with E-state index in [0.717, 1.165) is 22.1 Å². The molecule has 0 fully saturated rings. The molecule has 0 radical (unpaired) electrons. The minimum atomic E-state index is -0.518. The van der Waals surface area contributed by atoms with Crippen molar-refractivity contribution in [2.24, 2.45) is 0 Å². The highest BCUT2D eigenvalue weighted by Gasteiger charge is 2.27. The van der Waals surface area contributed by atoms with E-state index in [1.165, 1.54) is 6.92 Å². The molecule has 0 bridgehead atoms. The lowest BCUT2D eigenvalue weighted by molar-refractivity contribution is -0.131. The van der Waals surface area contributed by atoms with Gasteiger partial charge in [-0.05, 0) is 27.6 Å². The van der Waals surface area contributed by atoms with E-state index in [-0.39, 0.29) is 17.1 Å². The van der Waals surface area contributed by atoms with Gasteiger partial charge in [0.15, 0.2) is 11.5 Å². The molecule has 0 N–H and O–H groups in total. The average Bonchev–Trinajstić information content (AvgIpc) is 3.26. The highest BCUT2D eigenvalue weighted by atomic mass is 79.9. The highest BCUT2D eigenvalue weighted by Crippen LogP contribution is 2.48. The monoisotopic (exact) mass is 510 g/mol. The van der Waals surface area contributed by atoms with Crippen molar-refractivity contribution in [1.82, 2.24) is 0 Å². The van der Waals surface area contributed by atoms with E-state index < -0.39 is 5.97 Å². The number of hydrogen-bond acceptors (Lipinski definition) is 4. The molecule has 0 atom stereocenters. The molecular formula is C29H19BrO4. The second-order valence-corrected chi connectivity index (χ2v) is 8.56. The summed E-state index contributed by atoms with van der Waals surface area (Å²) in [4.78, 5) is 25.4. The summed E-state index contributed by atoms with van der Waals surface area (Å²) in [6.07, 6.45) is 0. The van der Waals surface area contributed by atoms with Gasteiger partial charge in [-0.15, -0.1) is 0 Å². The fraction of sp³-hybridized carbons (Fsp3) is 0.0345. The predicted octanol–water partition coefficient (Wildman–Crippen LogP) is 7.69.